The molecular weight excluding hydrogens is 567 g/mol. The number of anilines is 3. The van der Waals surface area contributed by atoms with Crippen molar-refractivity contribution < 1.29 is 14.0 Å². The Bertz CT molecular complexity index is 1750. The van der Waals surface area contributed by atoms with Crippen LogP contribution in [-0.2, 0) is 11.2 Å². The number of nitrogens with zero attached hydrogens (tertiary/aromatic N) is 3. The minimum absolute atomic E-state index is 0.123. The van der Waals surface area contributed by atoms with Crippen molar-refractivity contribution in [3.63, 3.8) is 0 Å². The number of nitrogens with one attached hydrogen (secondary N) is 3. The van der Waals surface area contributed by atoms with Gasteiger partial charge in [0.15, 0.2) is 0 Å². The molecule has 0 spiro atoms. The van der Waals surface area contributed by atoms with Gasteiger partial charge in [0.2, 0.25) is 5.91 Å². The van der Waals surface area contributed by atoms with Crippen molar-refractivity contribution in [3.8, 4) is 0 Å². The van der Waals surface area contributed by atoms with Crippen molar-refractivity contribution in [2.45, 2.75) is 12.5 Å². The molecule has 0 aliphatic carbocycles. The number of amides is 2. The summed E-state index contributed by atoms with van der Waals surface area (Å²) in [5, 5.41) is 7.24. The number of fused-ring (bicyclic) bond motifs is 1. The second-order valence-electron chi connectivity index (χ2n) is 10.4. The smallest absolute Gasteiger partial charge is 0.254 e. The zero-order chi connectivity index (χ0) is 29.8. The average molecular weight is 597 g/mol. The summed E-state index contributed by atoms with van der Waals surface area (Å²) < 4.78 is 15.4. The van der Waals surface area contributed by atoms with Crippen LogP contribution in [-0.4, -0.2) is 54.0 Å². The minimum atomic E-state index is -0.960. The summed E-state index contributed by atoms with van der Waals surface area (Å²) in [5.41, 5.74) is 3.96. The summed E-state index contributed by atoms with van der Waals surface area (Å²) in [6, 6.07) is 22.4. The van der Waals surface area contributed by atoms with E-state index < -0.39 is 23.7 Å². The molecular formula is C33H30ClFN6O2. The lowest BCUT2D eigenvalue weighted by Gasteiger charge is -2.37. The van der Waals surface area contributed by atoms with Gasteiger partial charge in [-0.1, -0.05) is 35.9 Å². The van der Waals surface area contributed by atoms with Crippen molar-refractivity contribution >= 4 is 51.4 Å². The number of para-hydroxylation sites is 1. The maximum absolute atomic E-state index is 15.4. The third-order valence-corrected chi connectivity index (χ3v) is 7.92. The molecule has 8 nitrogen and oxygen atoms in total. The van der Waals surface area contributed by atoms with Crippen LogP contribution < -0.4 is 20.4 Å². The number of hydrogen-bond donors (Lipinski definition) is 3. The first-order chi connectivity index (χ1) is 20.9. The Balaban J connectivity index is 1.16. The number of piperazine rings is 1. The van der Waals surface area contributed by atoms with E-state index in [0.29, 0.717) is 29.5 Å². The number of hydrogen-bond acceptors (Lipinski definition) is 5. The normalized spacial score (nSPS) is 14.0. The standard InChI is InChI=1S/C33H30ClFN6O2/c34-23-4-3-5-25(19-23)40-14-16-41(17-15-40)26-8-9-28(29(35)20-26)32(42)39-31(33(43)38-24-10-12-36-13-11-24)18-22-21-37-30-7-2-1-6-27(22)30/h1-13,19-21,31,37H,14-18H2,(H,39,42)(H,36,38,43). The van der Waals surface area contributed by atoms with E-state index in [4.69, 9.17) is 11.6 Å². The fourth-order valence-corrected chi connectivity index (χ4v) is 5.60. The Kier molecular flexibility index (Phi) is 8.24. The monoisotopic (exact) mass is 596 g/mol. The predicted molar refractivity (Wildman–Crippen MR) is 168 cm³/mol. The molecule has 0 radical (unpaired) electrons. The van der Waals surface area contributed by atoms with E-state index in [1.54, 1.807) is 30.6 Å². The number of halogens is 2. The van der Waals surface area contributed by atoms with Crippen LogP contribution in [0.15, 0.2) is 97.5 Å². The third-order valence-electron chi connectivity index (χ3n) is 7.68. The molecule has 1 aliphatic heterocycles. The SMILES string of the molecule is O=C(NC(Cc1c[nH]c2ccccc12)C(=O)Nc1ccncc1)c1ccc(N2CCN(c3cccc(Cl)c3)CC2)cc1F. The van der Waals surface area contributed by atoms with Crippen LogP contribution in [0.25, 0.3) is 10.9 Å². The van der Waals surface area contributed by atoms with E-state index in [1.165, 1.54) is 12.1 Å². The lowest BCUT2D eigenvalue weighted by Crippen LogP contribution is -2.46. The number of rotatable bonds is 8. The van der Waals surface area contributed by atoms with Crippen LogP contribution in [0.1, 0.15) is 15.9 Å². The topological polar surface area (TPSA) is 93.4 Å². The van der Waals surface area contributed by atoms with Crippen molar-refractivity contribution in [2.24, 2.45) is 0 Å². The second kappa shape index (κ2) is 12.5. The lowest BCUT2D eigenvalue weighted by molar-refractivity contribution is -0.118. The summed E-state index contributed by atoms with van der Waals surface area (Å²) in [7, 11) is 0. The highest BCUT2D eigenvalue weighted by Gasteiger charge is 2.26. The van der Waals surface area contributed by atoms with Gasteiger partial charge >= 0.3 is 0 Å². The maximum atomic E-state index is 15.4. The van der Waals surface area contributed by atoms with E-state index >= 15 is 4.39 Å². The second-order valence-corrected chi connectivity index (χ2v) is 10.9. The minimum Gasteiger partial charge on any atom is -0.368 e. The summed E-state index contributed by atoms with van der Waals surface area (Å²) in [5.74, 6) is -1.73. The van der Waals surface area contributed by atoms with Gasteiger partial charge in [0.05, 0.1) is 5.56 Å². The largest absolute Gasteiger partial charge is 0.368 e. The van der Waals surface area contributed by atoms with E-state index in [0.717, 1.165) is 35.2 Å². The van der Waals surface area contributed by atoms with Crippen LogP contribution >= 0.6 is 11.6 Å². The Morgan fingerprint density at radius 3 is 2.35 bits per heavy atom. The lowest BCUT2D eigenvalue weighted by atomic mass is 10.0. The van der Waals surface area contributed by atoms with E-state index in [9.17, 15) is 9.59 Å². The molecule has 3 N–H and O–H groups in total. The van der Waals surface area contributed by atoms with Crippen molar-refractivity contribution in [1.29, 1.82) is 0 Å². The first kappa shape index (κ1) is 28.2. The van der Waals surface area contributed by atoms with Gasteiger partial charge in [0.1, 0.15) is 11.9 Å². The number of aromatic amines is 1. The number of carbonyl (C=O) groups excluding carboxylic acids is 2. The summed E-state index contributed by atoms with van der Waals surface area (Å²) in [6.45, 7) is 2.90. The van der Waals surface area contributed by atoms with Gasteiger partial charge in [-0.05, 0) is 60.2 Å². The van der Waals surface area contributed by atoms with Gasteiger partial charge in [0, 0.05) is 84.2 Å². The molecule has 0 saturated carbocycles. The quantitative estimate of drug-likeness (QED) is 0.215. The van der Waals surface area contributed by atoms with Gasteiger partial charge < -0.3 is 25.4 Å². The molecule has 1 atom stereocenters. The van der Waals surface area contributed by atoms with Gasteiger partial charge in [-0.2, -0.15) is 0 Å². The molecule has 1 fully saturated rings. The van der Waals surface area contributed by atoms with Gasteiger partial charge in [-0.25, -0.2) is 4.39 Å². The Hall–Kier alpha value is -4.89. The van der Waals surface area contributed by atoms with Gasteiger partial charge in [0.25, 0.3) is 5.91 Å². The molecule has 2 amide bonds. The number of benzene rings is 3. The van der Waals surface area contributed by atoms with Crippen molar-refractivity contribution in [2.75, 3.05) is 41.3 Å². The van der Waals surface area contributed by atoms with E-state index in [2.05, 4.69) is 30.4 Å². The summed E-state index contributed by atoms with van der Waals surface area (Å²) in [4.78, 5) is 38.2. The maximum Gasteiger partial charge on any atom is 0.254 e. The Morgan fingerprint density at radius 2 is 1.63 bits per heavy atom. The van der Waals surface area contributed by atoms with Crippen LogP contribution in [0, 0.1) is 5.82 Å². The number of aromatic nitrogens is 2. The fraction of sp³-hybridized carbons (Fsp3) is 0.182. The summed E-state index contributed by atoms with van der Waals surface area (Å²) >= 11 is 6.15. The summed E-state index contributed by atoms with van der Waals surface area (Å²) in [6.07, 6.45) is 5.17. The number of carbonyl (C=O) groups is 2. The van der Waals surface area contributed by atoms with Crippen LogP contribution in [0.2, 0.25) is 5.02 Å². The van der Waals surface area contributed by atoms with E-state index in [-0.39, 0.29) is 12.0 Å². The third kappa shape index (κ3) is 6.47. The van der Waals surface area contributed by atoms with Gasteiger partial charge in [-0.3, -0.25) is 14.6 Å². The highest BCUT2D eigenvalue weighted by atomic mass is 35.5. The van der Waals surface area contributed by atoms with Crippen LogP contribution in [0.3, 0.4) is 0 Å². The first-order valence-corrected chi connectivity index (χ1v) is 14.4. The molecule has 3 aromatic carbocycles. The van der Waals surface area contributed by atoms with Crippen LogP contribution in [0.4, 0.5) is 21.5 Å². The van der Waals surface area contributed by atoms with Gasteiger partial charge in [-0.15, -0.1) is 0 Å². The number of H-pyrrole nitrogens is 1. The highest BCUT2D eigenvalue weighted by Crippen LogP contribution is 2.25. The first-order valence-electron chi connectivity index (χ1n) is 14.1. The predicted octanol–water partition coefficient (Wildman–Crippen LogP) is 5.66. The molecule has 0 bridgehead atoms. The Labute approximate surface area is 253 Å². The molecule has 5 aromatic rings. The zero-order valence-corrected chi connectivity index (χ0v) is 24.0. The fourth-order valence-electron chi connectivity index (χ4n) is 5.41. The molecule has 218 valence electrons. The molecule has 6 rings (SSSR count). The molecule has 3 heterocycles. The molecule has 1 unspecified atom stereocenters. The number of pyridine rings is 1. The molecule has 2 aromatic heterocycles. The highest BCUT2D eigenvalue weighted by molar-refractivity contribution is 6.30. The zero-order valence-electron chi connectivity index (χ0n) is 23.3. The molecule has 43 heavy (non-hydrogen) atoms. The van der Waals surface area contributed by atoms with Crippen molar-refractivity contribution in [3.05, 3.63) is 119 Å². The Morgan fingerprint density at radius 1 is 0.907 bits per heavy atom. The molecule has 1 aliphatic rings. The molecule has 1 saturated heterocycles. The average Bonchev–Trinajstić information content (AvgIpc) is 3.44. The van der Waals surface area contributed by atoms with Crippen LogP contribution in [0.5, 0.6) is 0 Å². The van der Waals surface area contributed by atoms with Crippen molar-refractivity contribution in [1.82, 2.24) is 15.3 Å². The van der Waals surface area contributed by atoms with E-state index in [1.807, 2.05) is 54.7 Å². The molecule has 10 heteroatoms.